The molecule has 0 heterocycles. The first-order valence-electron chi connectivity index (χ1n) is 10.7. The Hall–Kier alpha value is -3.12. The van der Waals surface area contributed by atoms with Crippen molar-refractivity contribution in [3.05, 3.63) is 65.4 Å². The number of ether oxygens (including phenoxy) is 1. The van der Waals surface area contributed by atoms with Crippen molar-refractivity contribution in [1.82, 2.24) is 0 Å². The lowest BCUT2D eigenvalue weighted by molar-refractivity contribution is -0.131. The second-order valence-corrected chi connectivity index (χ2v) is 8.89. The van der Waals surface area contributed by atoms with Crippen LogP contribution in [0.4, 0.5) is 11.4 Å². The van der Waals surface area contributed by atoms with Gasteiger partial charge in [-0.1, -0.05) is 12.1 Å². The van der Waals surface area contributed by atoms with Crippen molar-refractivity contribution in [3.63, 3.8) is 0 Å². The molecule has 2 aromatic rings. The van der Waals surface area contributed by atoms with Gasteiger partial charge in [-0.15, -0.1) is 0 Å². The topological polar surface area (TPSA) is 78.9 Å². The number of rotatable bonds is 7. The maximum Gasteiger partial charge on any atom is 0.158 e. The Balaban J connectivity index is 2.15. The highest BCUT2D eigenvalue weighted by molar-refractivity contribution is 5.98. The highest BCUT2D eigenvalue weighted by Gasteiger charge is 2.49. The van der Waals surface area contributed by atoms with Gasteiger partial charge < -0.3 is 20.1 Å². The normalized spacial score (nSPS) is 23.0. The van der Waals surface area contributed by atoms with Gasteiger partial charge in [0, 0.05) is 49.1 Å². The van der Waals surface area contributed by atoms with Gasteiger partial charge in [-0.3, -0.25) is 9.59 Å². The van der Waals surface area contributed by atoms with Gasteiger partial charge in [0.1, 0.15) is 11.5 Å². The van der Waals surface area contributed by atoms with Crippen LogP contribution in [0.1, 0.15) is 38.7 Å². The van der Waals surface area contributed by atoms with Crippen molar-refractivity contribution >= 4 is 22.9 Å². The largest absolute Gasteiger partial charge is 0.497 e. The van der Waals surface area contributed by atoms with E-state index >= 15 is 0 Å². The van der Waals surface area contributed by atoms with E-state index in [1.165, 1.54) is 13.8 Å². The molecule has 0 spiro atoms. The van der Waals surface area contributed by atoms with E-state index in [1.54, 1.807) is 14.0 Å². The van der Waals surface area contributed by atoms with E-state index in [0.717, 1.165) is 22.7 Å². The summed E-state index contributed by atoms with van der Waals surface area (Å²) in [5.74, 6) is -0.815. The molecule has 0 aliphatic heterocycles. The van der Waals surface area contributed by atoms with Gasteiger partial charge in [-0.25, -0.2) is 0 Å². The minimum atomic E-state index is -1.32. The summed E-state index contributed by atoms with van der Waals surface area (Å²) in [6.45, 7) is 4.68. The number of Topliss-reactive ketones (excluding diaryl/α,β-unsaturated/α-hetero) is 2. The summed E-state index contributed by atoms with van der Waals surface area (Å²) >= 11 is 0. The number of carbonyl (C=O) groups is 2. The summed E-state index contributed by atoms with van der Waals surface area (Å²) in [6, 6.07) is 15.2. The van der Waals surface area contributed by atoms with Crippen LogP contribution in [0.15, 0.2) is 59.8 Å². The molecule has 32 heavy (non-hydrogen) atoms. The third kappa shape index (κ3) is 4.70. The Morgan fingerprint density at radius 1 is 1.06 bits per heavy atom. The summed E-state index contributed by atoms with van der Waals surface area (Å²) in [4.78, 5) is 27.6. The molecule has 0 saturated heterocycles. The zero-order valence-corrected chi connectivity index (χ0v) is 19.6. The number of carbonyl (C=O) groups excluding carboxylic acids is 2. The van der Waals surface area contributed by atoms with Crippen LogP contribution in [0.5, 0.6) is 5.75 Å². The van der Waals surface area contributed by atoms with Crippen LogP contribution in [-0.2, 0) is 9.59 Å². The SMILES string of the molecule is COc1ccc(NC2=C(C(C)=O)[C@H](c3ccc(N(C)C)cc3)[C@@H](C(C)=O)[C@@](C)(O)C2)cc1. The maximum absolute atomic E-state index is 12.9. The first-order chi connectivity index (χ1) is 15.0. The van der Waals surface area contributed by atoms with Crippen LogP contribution in [-0.4, -0.2) is 43.5 Å². The fraction of sp³-hybridized carbons (Fsp3) is 0.385. The summed E-state index contributed by atoms with van der Waals surface area (Å²) in [6.07, 6.45) is 0.171. The van der Waals surface area contributed by atoms with Gasteiger partial charge in [0.25, 0.3) is 0 Å². The first kappa shape index (κ1) is 23.5. The molecule has 0 bridgehead atoms. The standard InChI is InChI=1S/C26H32N2O4/c1-16(29)23-22(27-19-9-13-21(32-6)14-10-19)15-26(3,31)25(17(2)30)24(23)18-7-11-20(12-8-18)28(4)5/h7-14,24-25,27,31H,15H2,1-6H3/t24-,25+,26-/m0/s1. The molecule has 6 nitrogen and oxygen atoms in total. The average molecular weight is 437 g/mol. The van der Waals surface area contributed by atoms with Crippen molar-refractivity contribution in [2.45, 2.75) is 38.7 Å². The zero-order valence-electron chi connectivity index (χ0n) is 19.6. The highest BCUT2D eigenvalue weighted by atomic mass is 16.5. The third-order valence-corrected chi connectivity index (χ3v) is 6.15. The summed E-state index contributed by atoms with van der Waals surface area (Å²) in [7, 11) is 5.51. The average Bonchev–Trinajstić information content (AvgIpc) is 2.72. The Bertz CT molecular complexity index is 1020. The van der Waals surface area contributed by atoms with E-state index in [-0.39, 0.29) is 18.0 Å². The molecule has 2 N–H and O–H groups in total. The lowest BCUT2D eigenvalue weighted by Crippen LogP contribution is -2.48. The molecule has 170 valence electrons. The van der Waals surface area contributed by atoms with E-state index in [2.05, 4.69) is 5.32 Å². The van der Waals surface area contributed by atoms with Gasteiger partial charge in [0.2, 0.25) is 0 Å². The minimum absolute atomic E-state index is 0.121. The molecule has 0 radical (unpaired) electrons. The molecule has 3 atom stereocenters. The predicted molar refractivity (Wildman–Crippen MR) is 127 cm³/mol. The van der Waals surface area contributed by atoms with Gasteiger partial charge in [0.15, 0.2) is 5.78 Å². The second-order valence-electron chi connectivity index (χ2n) is 8.89. The number of nitrogens with one attached hydrogen (secondary N) is 1. The Kier molecular flexibility index (Phi) is 6.74. The fourth-order valence-electron chi connectivity index (χ4n) is 4.68. The number of benzene rings is 2. The third-order valence-electron chi connectivity index (χ3n) is 6.15. The van der Waals surface area contributed by atoms with Gasteiger partial charge >= 0.3 is 0 Å². The monoisotopic (exact) mass is 436 g/mol. The quantitative estimate of drug-likeness (QED) is 0.679. The van der Waals surface area contributed by atoms with E-state index < -0.39 is 17.4 Å². The Morgan fingerprint density at radius 2 is 1.66 bits per heavy atom. The molecule has 0 saturated carbocycles. The lowest BCUT2D eigenvalue weighted by Gasteiger charge is -2.43. The van der Waals surface area contributed by atoms with Crippen molar-refractivity contribution in [2.75, 3.05) is 31.4 Å². The molecule has 0 unspecified atom stereocenters. The highest BCUT2D eigenvalue weighted by Crippen LogP contribution is 2.48. The Labute approximate surface area is 189 Å². The number of allylic oxidation sites excluding steroid dienone is 1. The van der Waals surface area contributed by atoms with E-state index in [0.29, 0.717) is 11.3 Å². The number of nitrogens with zero attached hydrogens (tertiary/aromatic N) is 1. The van der Waals surface area contributed by atoms with Gasteiger partial charge in [-0.05, 0) is 62.7 Å². The molecule has 1 aliphatic carbocycles. The number of hydrogen-bond donors (Lipinski definition) is 2. The number of aliphatic hydroxyl groups is 1. The summed E-state index contributed by atoms with van der Waals surface area (Å²) in [5, 5.41) is 14.7. The minimum Gasteiger partial charge on any atom is -0.497 e. The Morgan fingerprint density at radius 3 is 2.12 bits per heavy atom. The van der Waals surface area contributed by atoms with E-state index in [1.807, 2.05) is 67.5 Å². The fourth-order valence-corrected chi connectivity index (χ4v) is 4.68. The van der Waals surface area contributed by atoms with Crippen LogP contribution in [0.3, 0.4) is 0 Å². The molecule has 0 aromatic heterocycles. The second kappa shape index (κ2) is 9.17. The van der Waals surface area contributed by atoms with Crippen molar-refractivity contribution in [1.29, 1.82) is 0 Å². The lowest BCUT2D eigenvalue weighted by atomic mass is 9.64. The smallest absolute Gasteiger partial charge is 0.158 e. The predicted octanol–water partition coefficient (Wildman–Crippen LogP) is 4.16. The van der Waals surface area contributed by atoms with Gasteiger partial charge in [-0.2, -0.15) is 0 Å². The molecule has 3 rings (SSSR count). The molecule has 6 heteroatoms. The van der Waals surface area contributed by atoms with Crippen LogP contribution < -0.4 is 15.0 Å². The molecule has 0 amide bonds. The van der Waals surface area contributed by atoms with Crippen molar-refractivity contribution < 1.29 is 19.4 Å². The molecule has 1 aliphatic rings. The number of ketones is 2. The van der Waals surface area contributed by atoms with Crippen molar-refractivity contribution in [2.24, 2.45) is 5.92 Å². The number of anilines is 2. The summed E-state index contributed by atoms with van der Waals surface area (Å²) in [5.41, 5.74) is 2.47. The number of methoxy groups -OCH3 is 1. The van der Waals surface area contributed by atoms with Crippen LogP contribution in [0.2, 0.25) is 0 Å². The molecular weight excluding hydrogens is 404 g/mol. The summed E-state index contributed by atoms with van der Waals surface area (Å²) < 4.78 is 5.22. The van der Waals surface area contributed by atoms with E-state index in [9.17, 15) is 14.7 Å². The molecule has 2 aromatic carbocycles. The molecule has 0 fully saturated rings. The zero-order chi connectivity index (χ0) is 23.6. The van der Waals surface area contributed by atoms with Crippen LogP contribution in [0, 0.1) is 5.92 Å². The van der Waals surface area contributed by atoms with Gasteiger partial charge in [0.05, 0.1) is 18.6 Å². The van der Waals surface area contributed by atoms with Crippen LogP contribution >= 0.6 is 0 Å². The van der Waals surface area contributed by atoms with Crippen LogP contribution in [0.25, 0.3) is 0 Å². The maximum atomic E-state index is 12.9. The molecular formula is C26H32N2O4. The van der Waals surface area contributed by atoms with E-state index in [4.69, 9.17) is 4.74 Å². The first-order valence-corrected chi connectivity index (χ1v) is 10.7. The number of hydrogen-bond acceptors (Lipinski definition) is 6. The van der Waals surface area contributed by atoms with Crippen molar-refractivity contribution in [3.8, 4) is 5.75 Å².